The molecular formula is C9H12BrF3N2S. The largest absolute Gasteiger partial charge is 0.401 e. The van der Waals surface area contributed by atoms with E-state index in [4.69, 9.17) is 0 Å². The number of halogens is 4. The van der Waals surface area contributed by atoms with E-state index < -0.39 is 12.7 Å². The fourth-order valence-corrected chi connectivity index (χ4v) is 2.52. The zero-order valence-electron chi connectivity index (χ0n) is 8.40. The minimum absolute atomic E-state index is 0.312. The first-order valence-electron chi connectivity index (χ1n) is 4.70. The molecule has 0 aliphatic heterocycles. The van der Waals surface area contributed by atoms with E-state index in [1.165, 1.54) is 0 Å². The average molecular weight is 317 g/mol. The molecule has 0 amide bonds. The van der Waals surface area contributed by atoms with Crippen LogP contribution in [-0.2, 0) is 6.54 Å². The summed E-state index contributed by atoms with van der Waals surface area (Å²) in [7, 11) is 0. The number of nitrogens with one attached hydrogen (secondary N) is 2. The molecule has 0 saturated heterocycles. The topological polar surface area (TPSA) is 24.1 Å². The van der Waals surface area contributed by atoms with Gasteiger partial charge >= 0.3 is 6.18 Å². The van der Waals surface area contributed by atoms with E-state index in [1.54, 1.807) is 11.3 Å². The molecule has 1 rings (SSSR count). The van der Waals surface area contributed by atoms with Crippen molar-refractivity contribution in [3.8, 4) is 0 Å². The molecule has 2 N–H and O–H groups in total. The van der Waals surface area contributed by atoms with Gasteiger partial charge in [0.25, 0.3) is 0 Å². The van der Waals surface area contributed by atoms with Gasteiger partial charge in [0.05, 0.1) is 10.3 Å². The van der Waals surface area contributed by atoms with Gasteiger partial charge < -0.3 is 10.6 Å². The van der Waals surface area contributed by atoms with Crippen LogP contribution in [0.25, 0.3) is 0 Å². The van der Waals surface area contributed by atoms with Crippen molar-refractivity contribution >= 4 is 27.3 Å². The van der Waals surface area contributed by atoms with Crippen molar-refractivity contribution in [3.05, 3.63) is 20.8 Å². The lowest BCUT2D eigenvalue weighted by atomic mass is 10.4. The molecule has 0 bridgehead atoms. The predicted molar refractivity (Wildman–Crippen MR) is 62.7 cm³/mol. The van der Waals surface area contributed by atoms with Gasteiger partial charge in [-0.25, -0.2) is 0 Å². The number of alkyl halides is 3. The van der Waals surface area contributed by atoms with Crippen LogP contribution in [0.15, 0.2) is 15.9 Å². The number of rotatable bonds is 6. The van der Waals surface area contributed by atoms with Gasteiger partial charge in [0.1, 0.15) is 0 Å². The first-order chi connectivity index (χ1) is 7.47. The Balaban J connectivity index is 2.00. The Labute approximate surface area is 104 Å². The molecule has 0 aliphatic rings. The zero-order valence-corrected chi connectivity index (χ0v) is 10.8. The summed E-state index contributed by atoms with van der Waals surface area (Å²) in [5.74, 6) is 0. The zero-order chi connectivity index (χ0) is 12.0. The van der Waals surface area contributed by atoms with Crippen molar-refractivity contribution in [1.82, 2.24) is 10.6 Å². The maximum atomic E-state index is 11.7. The normalized spacial score (nSPS) is 12.0. The van der Waals surface area contributed by atoms with Gasteiger partial charge in [0, 0.05) is 24.5 Å². The summed E-state index contributed by atoms with van der Waals surface area (Å²) in [5, 5.41) is 5.38. The highest BCUT2D eigenvalue weighted by molar-refractivity contribution is 9.11. The quantitative estimate of drug-likeness (QED) is 0.789. The summed E-state index contributed by atoms with van der Waals surface area (Å²) in [6.07, 6.45) is -4.13. The second-order valence-corrected chi connectivity index (χ2v) is 5.72. The Morgan fingerprint density at radius 3 is 2.44 bits per heavy atom. The van der Waals surface area contributed by atoms with Crippen LogP contribution in [0.3, 0.4) is 0 Å². The molecule has 0 aromatic carbocycles. The maximum absolute atomic E-state index is 11.7. The van der Waals surface area contributed by atoms with Crippen LogP contribution in [0.1, 0.15) is 4.88 Å². The molecule has 0 saturated carbocycles. The standard InChI is InChI=1S/C9H12BrF3N2S/c10-8-2-1-7(16-8)5-14-3-4-15-6-9(11,12)13/h1-2,14-15H,3-6H2. The van der Waals surface area contributed by atoms with Gasteiger partial charge in [-0.1, -0.05) is 0 Å². The SMILES string of the molecule is FC(F)(F)CNCCNCc1ccc(Br)s1. The third kappa shape index (κ3) is 6.47. The predicted octanol–water partition coefficient (Wildman–Crippen LogP) is 2.75. The molecule has 0 unspecified atom stereocenters. The van der Waals surface area contributed by atoms with Crippen LogP contribution < -0.4 is 10.6 Å². The number of hydrogen-bond acceptors (Lipinski definition) is 3. The summed E-state index contributed by atoms with van der Waals surface area (Å²) in [5.41, 5.74) is 0. The highest BCUT2D eigenvalue weighted by Gasteiger charge is 2.25. The van der Waals surface area contributed by atoms with Crippen LogP contribution in [0.2, 0.25) is 0 Å². The lowest BCUT2D eigenvalue weighted by Gasteiger charge is -2.08. The van der Waals surface area contributed by atoms with Crippen molar-refractivity contribution in [1.29, 1.82) is 0 Å². The Hall–Kier alpha value is -0.110. The number of thiophene rings is 1. The maximum Gasteiger partial charge on any atom is 0.401 e. The fraction of sp³-hybridized carbons (Fsp3) is 0.556. The lowest BCUT2D eigenvalue weighted by Crippen LogP contribution is -2.33. The Morgan fingerprint density at radius 1 is 1.19 bits per heavy atom. The molecule has 0 spiro atoms. The second kappa shape index (κ2) is 6.58. The first-order valence-corrected chi connectivity index (χ1v) is 6.31. The molecule has 0 radical (unpaired) electrons. The van der Waals surface area contributed by atoms with E-state index in [9.17, 15) is 13.2 Å². The van der Waals surface area contributed by atoms with Gasteiger partial charge in [0.2, 0.25) is 0 Å². The third-order valence-electron chi connectivity index (χ3n) is 1.73. The van der Waals surface area contributed by atoms with Gasteiger partial charge in [-0.05, 0) is 28.1 Å². The summed E-state index contributed by atoms with van der Waals surface area (Å²) < 4.78 is 36.3. The van der Waals surface area contributed by atoms with Crippen LogP contribution in [0.4, 0.5) is 13.2 Å². The van der Waals surface area contributed by atoms with Crippen LogP contribution >= 0.6 is 27.3 Å². The van der Waals surface area contributed by atoms with Gasteiger partial charge in [0.15, 0.2) is 0 Å². The van der Waals surface area contributed by atoms with Crippen molar-refractivity contribution in [2.75, 3.05) is 19.6 Å². The van der Waals surface area contributed by atoms with Crippen molar-refractivity contribution < 1.29 is 13.2 Å². The van der Waals surface area contributed by atoms with Gasteiger partial charge in [-0.2, -0.15) is 13.2 Å². The Morgan fingerprint density at radius 2 is 1.88 bits per heavy atom. The molecule has 1 aromatic heterocycles. The Kier molecular flexibility index (Phi) is 5.74. The molecule has 2 nitrogen and oxygen atoms in total. The monoisotopic (exact) mass is 316 g/mol. The van der Waals surface area contributed by atoms with Crippen molar-refractivity contribution in [2.24, 2.45) is 0 Å². The van der Waals surface area contributed by atoms with Crippen molar-refractivity contribution in [3.63, 3.8) is 0 Å². The van der Waals surface area contributed by atoms with Crippen molar-refractivity contribution in [2.45, 2.75) is 12.7 Å². The molecule has 1 heterocycles. The summed E-state index contributed by atoms with van der Waals surface area (Å²) in [4.78, 5) is 1.16. The van der Waals surface area contributed by atoms with E-state index >= 15 is 0 Å². The number of hydrogen-bond donors (Lipinski definition) is 2. The van der Waals surface area contributed by atoms with Crippen LogP contribution in [0, 0.1) is 0 Å². The van der Waals surface area contributed by atoms with E-state index in [-0.39, 0.29) is 0 Å². The molecule has 1 aromatic rings. The molecular weight excluding hydrogens is 305 g/mol. The van der Waals surface area contributed by atoms with E-state index in [0.29, 0.717) is 19.6 Å². The highest BCUT2D eigenvalue weighted by Crippen LogP contribution is 2.21. The van der Waals surface area contributed by atoms with Gasteiger partial charge in [-0.3, -0.25) is 0 Å². The van der Waals surface area contributed by atoms with Crippen LogP contribution in [-0.4, -0.2) is 25.8 Å². The molecule has 16 heavy (non-hydrogen) atoms. The fourth-order valence-electron chi connectivity index (χ4n) is 1.07. The second-order valence-electron chi connectivity index (χ2n) is 3.17. The Bertz CT molecular complexity index is 314. The summed E-state index contributed by atoms with van der Waals surface area (Å²) in [6, 6.07) is 3.93. The molecule has 0 aliphatic carbocycles. The highest BCUT2D eigenvalue weighted by atomic mass is 79.9. The molecule has 92 valence electrons. The third-order valence-corrected chi connectivity index (χ3v) is 3.36. The minimum Gasteiger partial charge on any atom is -0.311 e. The average Bonchev–Trinajstić information content (AvgIpc) is 2.56. The van der Waals surface area contributed by atoms with E-state index in [1.807, 2.05) is 12.1 Å². The molecule has 0 fully saturated rings. The lowest BCUT2D eigenvalue weighted by molar-refractivity contribution is -0.124. The van der Waals surface area contributed by atoms with E-state index in [0.717, 1.165) is 8.66 Å². The van der Waals surface area contributed by atoms with E-state index in [2.05, 4.69) is 26.6 Å². The van der Waals surface area contributed by atoms with Crippen LogP contribution in [0.5, 0.6) is 0 Å². The molecule has 0 atom stereocenters. The van der Waals surface area contributed by atoms with Gasteiger partial charge in [-0.15, -0.1) is 11.3 Å². The minimum atomic E-state index is -4.13. The molecule has 7 heteroatoms. The smallest absolute Gasteiger partial charge is 0.311 e. The first kappa shape index (κ1) is 14.0. The summed E-state index contributed by atoms with van der Waals surface area (Å²) >= 11 is 4.95. The summed E-state index contributed by atoms with van der Waals surface area (Å²) in [6.45, 7) is 0.584.